The molecular weight excluding hydrogens is 204 g/mol. The van der Waals surface area contributed by atoms with Gasteiger partial charge in [0.1, 0.15) is 0 Å². The molecule has 0 spiro atoms. The maximum Gasteiger partial charge on any atom is 0.358 e. The van der Waals surface area contributed by atoms with E-state index >= 15 is 0 Å². The van der Waals surface area contributed by atoms with Crippen LogP contribution in [0.15, 0.2) is 0 Å². The number of halogens is 1. The van der Waals surface area contributed by atoms with Crippen LogP contribution in [0.5, 0.6) is 0 Å². The van der Waals surface area contributed by atoms with Crippen molar-refractivity contribution in [3.05, 3.63) is 0 Å². The Hall–Kier alpha value is 0.427. The Morgan fingerprint density at radius 3 is 1.62 bits per heavy atom. The zero-order chi connectivity index (χ0) is 10.5. The van der Waals surface area contributed by atoms with Crippen LogP contribution in [-0.2, 0) is 8.85 Å². The van der Waals surface area contributed by atoms with Gasteiger partial charge in [-0.25, -0.2) is 0 Å². The second-order valence-electron chi connectivity index (χ2n) is 4.00. The van der Waals surface area contributed by atoms with Crippen molar-refractivity contribution >= 4 is 20.2 Å². The smallest absolute Gasteiger partial charge is 0.358 e. The standard InChI is InChI=1S/C9H21ClO2Si/c1-6-11-13(8-10,12-7-2)9(3,4)5/h6-8H2,1-5H3. The first-order chi connectivity index (χ1) is 5.93. The van der Waals surface area contributed by atoms with Crippen molar-refractivity contribution in [1.29, 1.82) is 0 Å². The van der Waals surface area contributed by atoms with Crippen LogP contribution >= 0.6 is 11.6 Å². The van der Waals surface area contributed by atoms with E-state index in [0.29, 0.717) is 18.7 Å². The summed E-state index contributed by atoms with van der Waals surface area (Å²) in [5.74, 6) is 0. The zero-order valence-electron chi connectivity index (χ0n) is 9.32. The van der Waals surface area contributed by atoms with Crippen LogP contribution in [-0.4, -0.2) is 27.3 Å². The predicted octanol–water partition coefficient (Wildman–Crippen LogP) is 3.08. The summed E-state index contributed by atoms with van der Waals surface area (Å²) < 4.78 is 11.5. The molecule has 0 aromatic rings. The number of hydrogen-bond acceptors (Lipinski definition) is 2. The SMILES string of the molecule is CCO[Si](CCl)(OCC)C(C)(C)C. The van der Waals surface area contributed by atoms with E-state index in [1.165, 1.54) is 0 Å². The van der Waals surface area contributed by atoms with Crippen molar-refractivity contribution in [3.8, 4) is 0 Å². The fourth-order valence-electron chi connectivity index (χ4n) is 1.22. The van der Waals surface area contributed by atoms with Crippen molar-refractivity contribution in [2.24, 2.45) is 0 Å². The lowest BCUT2D eigenvalue weighted by Gasteiger charge is -2.38. The molecule has 0 aliphatic rings. The highest BCUT2D eigenvalue weighted by Gasteiger charge is 2.48. The number of hydrogen-bond donors (Lipinski definition) is 0. The van der Waals surface area contributed by atoms with Gasteiger partial charge in [-0.2, -0.15) is 0 Å². The lowest BCUT2D eigenvalue weighted by molar-refractivity contribution is 0.166. The molecule has 0 radical (unpaired) electrons. The van der Waals surface area contributed by atoms with Crippen LogP contribution in [0.25, 0.3) is 0 Å². The third-order valence-corrected chi connectivity index (χ3v) is 7.28. The molecule has 0 heterocycles. The molecule has 0 fully saturated rings. The first-order valence-electron chi connectivity index (χ1n) is 4.77. The molecule has 2 nitrogen and oxygen atoms in total. The molecule has 0 amide bonds. The van der Waals surface area contributed by atoms with Gasteiger partial charge in [0.15, 0.2) is 0 Å². The van der Waals surface area contributed by atoms with Crippen molar-refractivity contribution in [1.82, 2.24) is 0 Å². The monoisotopic (exact) mass is 224 g/mol. The molecule has 0 aromatic heterocycles. The van der Waals surface area contributed by atoms with Gasteiger partial charge in [0.2, 0.25) is 0 Å². The average Bonchev–Trinajstić information content (AvgIpc) is 2.02. The van der Waals surface area contributed by atoms with Crippen LogP contribution in [0, 0.1) is 0 Å². The molecule has 0 aliphatic carbocycles. The molecule has 0 aromatic carbocycles. The molecule has 4 heteroatoms. The van der Waals surface area contributed by atoms with Crippen molar-refractivity contribution < 1.29 is 8.85 Å². The quantitative estimate of drug-likeness (QED) is 0.528. The predicted molar refractivity (Wildman–Crippen MR) is 59.4 cm³/mol. The van der Waals surface area contributed by atoms with Crippen LogP contribution < -0.4 is 0 Å². The van der Waals surface area contributed by atoms with E-state index in [4.69, 9.17) is 20.5 Å². The van der Waals surface area contributed by atoms with Crippen LogP contribution in [0.1, 0.15) is 34.6 Å². The first-order valence-corrected chi connectivity index (χ1v) is 7.33. The van der Waals surface area contributed by atoms with E-state index in [1.54, 1.807) is 0 Å². The summed E-state index contributed by atoms with van der Waals surface area (Å²) in [4.78, 5) is 0. The Balaban J connectivity index is 4.64. The Bertz CT molecular complexity index is 139. The van der Waals surface area contributed by atoms with Gasteiger partial charge in [-0.1, -0.05) is 20.8 Å². The minimum Gasteiger partial charge on any atom is -0.394 e. The Morgan fingerprint density at radius 1 is 1.08 bits per heavy atom. The van der Waals surface area contributed by atoms with E-state index < -0.39 is 8.56 Å². The van der Waals surface area contributed by atoms with E-state index in [0.717, 1.165) is 0 Å². The summed E-state index contributed by atoms with van der Waals surface area (Å²) in [6.07, 6.45) is 0. The average molecular weight is 225 g/mol. The van der Waals surface area contributed by atoms with E-state index in [-0.39, 0.29) is 5.04 Å². The first kappa shape index (κ1) is 13.4. The minimum absolute atomic E-state index is 0.0285. The van der Waals surface area contributed by atoms with E-state index in [9.17, 15) is 0 Å². The topological polar surface area (TPSA) is 18.5 Å². The zero-order valence-corrected chi connectivity index (χ0v) is 11.1. The van der Waals surface area contributed by atoms with Gasteiger partial charge in [-0.15, -0.1) is 11.6 Å². The molecule has 0 unspecified atom stereocenters. The maximum absolute atomic E-state index is 5.98. The van der Waals surface area contributed by atoms with Gasteiger partial charge in [0.05, 0.1) is 5.50 Å². The van der Waals surface area contributed by atoms with Crippen molar-refractivity contribution in [2.75, 3.05) is 18.7 Å². The van der Waals surface area contributed by atoms with Gasteiger partial charge in [-0.3, -0.25) is 0 Å². The van der Waals surface area contributed by atoms with Gasteiger partial charge in [0, 0.05) is 18.3 Å². The molecular formula is C9H21ClO2Si. The fraction of sp³-hybridized carbons (Fsp3) is 1.00. The molecule has 0 atom stereocenters. The summed E-state index contributed by atoms with van der Waals surface area (Å²) in [6.45, 7) is 11.7. The molecule has 13 heavy (non-hydrogen) atoms. The summed E-state index contributed by atoms with van der Waals surface area (Å²) in [6, 6.07) is 0. The van der Waals surface area contributed by atoms with Crippen LogP contribution in [0.3, 0.4) is 0 Å². The second-order valence-corrected chi connectivity index (χ2v) is 8.65. The molecule has 0 bridgehead atoms. The van der Waals surface area contributed by atoms with Gasteiger partial charge in [-0.05, 0) is 13.8 Å². The largest absolute Gasteiger partial charge is 0.394 e. The van der Waals surface area contributed by atoms with Gasteiger partial charge >= 0.3 is 8.56 Å². The van der Waals surface area contributed by atoms with E-state index in [2.05, 4.69) is 20.8 Å². The van der Waals surface area contributed by atoms with Gasteiger partial charge < -0.3 is 8.85 Å². The van der Waals surface area contributed by atoms with Crippen LogP contribution in [0.2, 0.25) is 5.04 Å². The molecule has 0 aliphatic heterocycles. The molecule has 0 rings (SSSR count). The lowest BCUT2D eigenvalue weighted by Crippen LogP contribution is -2.52. The molecule has 0 saturated heterocycles. The normalized spacial score (nSPS) is 13.4. The highest BCUT2D eigenvalue weighted by atomic mass is 35.5. The molecule has 80 valence electrons. The van der Waals surface area contributed by atoms with Crippen molar-refractivity contribution in [2.45, 2.75) is 39.7 Å². The maximum atomic E-state index is 5.98. The Morgan fingerprint density at radius 2 is 1.46 bits per heavy atom. The Kier molecular flexibility index (Phi) is 5.52. The third kappa shape index (κ3) is 3.24. The third-order valence-electron chi connectivity index (χ3n) is 2.07. The number of rotatable bonds is 5. The summed E-state index contributed by atoms with van der Waals surface area (Å²) >= 11 is 5.98. The highest BCUT2D eigenvalue weighted by Crippen LogP contribution is 2.38. The minimum atomic E-state index is -2.21. The van der Waals surface area contributed by atoms with Crippen LogP contribution in [0.4, 0.5) is 0 Å². The lowest BCUT2D eigenvalue weighted by atomic mass is 10.3. The Labute approximate surface area is 87.8 Å². The highest BCUT2D eigenvalue weighted by molar-refractivity contribution is 6.77. The molecule has 0 saturated carbocycles. The van der Waals surface area contributed by atoms with E-state index in [1.807, 2.05) is 13.8 Å². The fourth-order valence-corrected chi connectivity index (χ4v) is 5.32. The summed E-state index contributed by atoms with van der Waals surface area (Å²) in [5.41, 5.74) is 0.498. The molecule has 0 N–H and O–H groups in total. The number of alkyl halides is 1. The van der Waals surface area contributed by atoms with Crippen molar-refractivity contribution in [3.63, 3.8) is 0 Å². The summed E-state index contributed by atoms with van der Waals surface area (Å²) in [5, 5.41) is 0.0285. The van der Waals surface area contributed by atoms with Gasteiger partial charge in [0.25, 0.3) is 0 Å². The second kappa shape index (κ2) is 5.34. The summed E-state index contributed by atoms with van der Waals surface area (Å²) in [7, 11) is -2.21.